The highest BCUT2D eigenvalue weighted by molar-refractivity contribution is 8.00. The smallest absolute Gasteiger partial charge is 0.261 e. The molecule has 3 aromatic rings. The second kappa shape index (κ2) is 9.96. The summed E-state index contributed by atoms with van der Waals surface area (Å²) in [4.78, 5) is 1.06. The SMILES string of the molecule is CC(C)(C)[Si](O[C@H]1[C@H](O)[C@H]2C[S@@](=O)[C@@H]1[C@@H](Sc1ccccc1)O2)(c1ccccc1)c1ccccc1. The molecule has 3 fully saturated rings. The van der Waals surface area contributed by atoms with Crippen LogP contribution in [0.25, 0.3) is 0 Å². The zero-order chi connectivity index (χ0) is 24.6. The van der Waals surface area contributed by atoms with E-state index in [1.165, 1.54) is 0 Å². The topological polar surface area (TPSA) is 55.8 Å². The molecule has 3 saturated heterocycles. The third-order valence-electron chi connectivity index (χ3n) is 6.98. The molecule has 3 heterocycles. The quantitative estimate of drug-likeness (QED) is 0.495. The van der Waals surface area contributed by atoms with E-state index < -0.39 is 42.7 Å². The Hall–Kier alpha value is -1.74. The Labute approximate surface area is 215 Å². The lowest BCUT2D eigenvalue weighted by Crippen LogP contribution is -2.74. The second-order valence-corrected chi connectivity index (χ2v) is 17.3. The van der Waals surface area contributed by atoms with Crippen molar-refractivity contribution in [3.05, 3.63) is 91.0 Å². The fourth-order valence-corrected chi connectivity index (χ4v) is 13.4. The fourth-order valence-electron chi connectivity index (χ4n) is 5.34. The number of aliphatic hydroxyl groups is 1. The number of ether oxygens (including phenoxy) is 1. The van der Waals surface area contributed by atoms with E-state index in [1.807, 2.05) is 66.7 Å². The van der Waals surface area contributed by atoms with Crippen LogP contribution in [0.15, 0.2) is 95.9 Å². The summed E-state index contributed by atoms with van der Waals surface area (Å²) in [6, 6.07) is 30.8. The van der Waals surface area contributed by atoms with E-state index in [1.54, 1.807) is 11.8 Å². The van der Waals surface area contributed by atoms with Crippen molar-refractivity contribution in [2.45, 2.75) is 59.7 Å². The molecule has 0 spiro atoms. The number of benzene rings is 3. The lowest BCUT2D eigenvalue weighted by atomic mass is 10.0. The van der Waals surface area contributed by atoms with Gasteiger partial charge in [-0.3, -0.25) is 4.21 Å². The van der Waals surface area contributed by atoms with Gasteiger partial charge in [-0.2, -0.15) is 0 Å². The first kappa shape index (κ1) is 24.9. The van der Waals surface area contributed by atoms with Crippen LogP contribution in [0.3, 0.4) is 0 Å². The molecule has 184 valence electrons. The maximum absolute atomic E-state index is 13.5. The summed E-state index contributed by atoms with van der Waals surface area (Å²) in [6.45, 7) is 6.66. The predicted molar refractivity (Wildman–Crippen MR) is 146 cm³/mol. The van der Waals surface area contributed by atoms with Crippen molar-refractivity contribution >= 4 is 41.3 Å². The molecule has 2 bridgehead atoms. The van der Waals surface area contributed by atoms with E-state index in [-0.39, 0.29) is 10.5 Å². The minimum atomic E-state index is -2.93. The number of hydrogen-bond acceptors (Lipinski definition) is 5. The summed E-state index contributed by atoms with van der Waals surface area (Å²) in [5, 5.41) is 13.0. The summed E-state index contributed by atoms with van der Waals surface area (Å²) >= 11 is 1.57. The van der Waals surface area contributed by atoms with Crippen molar-refractivity contribution in [1.82, 2.24) is 0 Å². The van der Waals surface area contributed by atoms with Crippen LogP contribution in [0, 0.1) is 0 Å². The lowest BCUT2D eigenvalue weighted by molar-refractivity contribution is -0.134. The van der Waals surface area contributed by atoms with Gasteiger partial charge in [0, 0.05) is 15.7 Å². The minimum absolute atomic E-state index is 0.240. The molecule has 0 aromatic heterocycles. The van der Waals surface area contributed by atoms with Gasteiger partial charge in [0.1, 0.15) is 11.5 Å². The first-order valence-corrected chi connectivity index (χ1v) is 16.2. The first-order chi connectivity index (χ1) is 16.8. The number of thioether (sulfide) groups is 1. The van der Waals surface area contributed by atoms with E-state index in [0.29, 0.717) is 5.75 Å². The summed E-state index contributed by atoms with van der Waals surface area (Å²) in [7, 11) is -4.09. The van der Waals surface area contributed by atoms with Crippen LogP contribution in [-0.4, -0.2) is 52.4 Å². The summed E-state index contributed by atoms with van der Waals surface area (Å²) in [5.41, 5.74) is -0.344. The molecule has 3 aromatic carbocycles. The summed E-state index contributed by atoms with van der Waals surface area (Å²) in [5.74, 6) is 0.346. The molecule has 0 unspecified atom stereocenters. The monoisotopic (exact) mass is 524 g/mol. The highest BCUT2D eigenvalue weighted by Crippen LogP contribution is 2.45. The van der Waals surface area contributed by atoms with Gasteiger partial charge in [-0.15, -0.1) is 0 Å². The molecular weight excluding hydrogens is 493 g/mol. The zero-order valence-corrected chi connectivity index (χ0v) is 22.9. The molecule has 0 radical (unpaired) electrons. The van der Waals surface area contributed by atoms with Crippen LogP contribution in [0.4, 0.5) is 0 Å². The van der Waals surface area contributed by atoms with E-state index in [4.69, 9.17) is 9.16 Å². The van der Waals surface area contributed by atoms with Gasteiger partial charge < -0.3 is 14.3 Å². The Bertz CT molecular complexity index is 1110. The van der Waals surface area contributed by atoms with Crippen molar-refractivity contribution in [2.24, 2.45) is 0 Å². The third-order valence-corrected chi connectivity index (χ3v) is 15.1. The van der Waals surface area contributed by atoms with E-state index in [9.17, 15) is 9.32 Å². The van der Waals surface area contributed by atoms with Crippen LogP contribution in [0.5, 0.6) is 0 Å². The molecule has 1 N–H and O–H groups in total. The van der Waals surface area contributed by atoms with Crippen LogP contribution in [0.1, 0.15) is 20.8 Å². The highest BCUT2D eigenvalue weighted by atomic mass is 32.2. The largest absolute Gasteiger partial charge is 0.400 e. The maximum Gasteiger partial charge on any atom is 0.261 e. The van der Waals surface area contributed by atoms with Crippen LogP contribution in [0.2, 0.25) is 5.04 Å². The molecule has 3 aliphatic heterocycles. The van der Waals surface area contributed by atoms with Crippen molar-refractivity contribution in [2.75, 3.05) is 5.75 Å². The Morgan fingerprint density at radius 2 is 1.43 bits per heavy atom. The fraction of sp³-hybridized carbons (Fsp3) is 0.357. The Morgan fingerprint density at radius 3 is 1.94 bits per heavy atom. The molecule has 6 rings (SSSR count). The van der Waals surface area contributed by atoms with Gasteiger partial charge in [-0.1, -0.05) is 111 Å². The zero-order valence-electron chi connectivity index (χ0n) is 20.2. The molecular formula is C28H32O4S2Si. The first-order valence-electron chi connectivity index (χ1n) is 12.0. The normalized spacial score (nSPS) is 28.7. The maximum atomic E-state index is 13.5. The van der Waals surface area contributed by atoms with Gasteiger partial charge in [-0.05, 0) is 27.5 Å². The summed E-state index contributed by atoms with van der Waals surface area (Å²) in [6.07, 6.45) is -1.92. The van der Waals surface area contributed by atoms with Gasteiger partial charge in [0.25, 0.3) is 8.32 Å². The second-order valence-electron chi connectivity index (χ2n) is 10.2. The lowest BCUT2D eigenvalue weighted by Gasteiger charge is -2.53. The Morgan fingerprint density at radius 1 is 0.914 bits per heavy atom. The molecule has 0 aliphatic carbocycles. The van der Waals surface area contributed by atoms with E-state index in [0.717, 1.165) is 15.3 Å². The number of rotatable bonds is 6. The Kier molecular flexibility index (Phi) is 7.09. The molecule has 0 amide bonds. The number of hydrogen-bond donors (Lipinski definition) is 1. The van der Waals surface area contributed by atoms with Gasteiger partial charge in [-0.25, -0.2) is 0 Å². The van der Waals surface area contributed by atoms with Gasteiger partial charge in [0.2, 0.25) is 0 Å². The van der Waals surface area contributed by atoms with Crippen LogP contribution >= 0.6 is 11.8 Å². The predicted octanol–water partition coefficient (Wildman–Crippen LogP) is 3.94. The molecule has 7 heteroatoms. The van der Waals surface area contributed by atoms with Crippen LogP contribution in [-0.2, 0) is 20.0 Å². The minimum Gasteiger partial charge on any atom is -0.400 e. The standard InChI is InChI=1S/C28H32O4S2Si/c1-28(2,3)35(21-15-9-5-10-16-21,22-17-11-6-12-18-22)32-25-24(29)23-19-34(30)26(25)27(31-23)33-20-13-7-4-8-14-20/h4-18,23-27,29H,19H2,1-3H3/t23-,24-,25+,26+,27-,34-/m1/s1. The average Bonchev–Trinajstić information content (AvgIpc) is 2.85. The van der Waals surface area contributed by atoms with Gasteiger partial charge in [0.05, 0.1) is 23.2 Å². The summed E-state index contributed by atoms with van der Waals surface area (Å²) < 4.78 is 27.0. The van der Waals surface area contributed by atoms with Crippen molar-refractivity contribution < 1.29 is 18.5 Å². The molecule has 3 aliphatic rings. The van der Waals surface area contributed by atoms with Crippen LogP contribution < -0.4 is 10.4 Å². The molecule has 4 nitrogen and oxygen atoms in total. The highest BCUT2D eigenvalue weighted by Gasteiger charge is 2.59. The molecule has 0 saturated carbocycles. The van der Waals surface area contributed by atoms with Gasteiger partial charge in [0.15, 0.2) is 0 Å². The molecule has 35 heavy (non-hydrogen) atoms. The third kappa shape index (κ3) is 4.58. The molecule has 6 atom stereocenters. The number of aliphatic hydroxyl groups excluding tert-OH is 1. The van der Waals surface area contributed by atoms with Crippen molar-refractivity contribution in [3.8, 4) is 0 Å². The van der Waals surface area contributed by atoms with E-state index in [2.05, 4.69) is 45.0 Å². The van der Waals surface area contributed by atoms with E-state index >= 15 is 0 Å². The van der Waals surface area contributed by atoms with Crippen molar-refractivity contribution in [3.63, 3.8) is 0 Å². The number of fused-ring (bicyclic) bond motifs is 3. The van der Waals surface area contributed by atoms with Gasteiger partial charge >= 0.3 is 0 Å². The van der Waals surface area contributed by atoms with Crippen molar-refractivity contribution in [1.29, 1.82) is 0 Å². The average molecular weight is 525 g/mol. The Balaban J connectivity index is 1.60.